The van der Waals surface area contributed by atoms with Crippen molar-refractivity contribution in [1.82, 2.24) is 0 Å². The number of allylic oxidation sites excluding steroid dienone is 1. The summed E-state index contributed by atoms with van der Waals surface area (Å²) >= 11 is 0. The van der Waals surface area contributed by atoms with E-state index in [4.69, 9.17) is 0 Å². The van der Waals surface area contributed by atoms with Crippen LogP contribution in [0.25, 0.3) is 22.4 Å². The predicted molar refractivity (Wildman–Crippen MR) is 82.1 cm³/mol. The number of rotatable bonds is 1. The van der Waals surface area contributed by atoms with Gasteiger partial charge in [0.1, 0.15) is 0 Å². The molecule has 92 valence electrons. The Hall–Kier alpha value is -1.82. The molecule has 0 radical (unpaired) electrons. The smallest absolute Gasteiger partial charge is 0.00766 e. The zero-order valence-electron chi connectivity index (χ0n) is 11.7. The second-order valence-electron chi connectivity index (χ2n) is 5.11. The fourth-order valence-corrected chi connectivity index (χ4v) is 2.69. The molecule has 0 nitrogen and oxygen atoms in total. The maximum atomic E-state index is 3.81. The average Bonchev–Trinajstić information content (AvgIpc) is 2.29. The van der Waals surface area contributed by atoms with Gasteiger partial charge in [0.15, 0.2) is 0 Å². The molecule has 0 amide bonds. The molecule has 0 spiro atoms. The quantitative estimate of drug-likeness (QED) is 0.709. The van der Waals surface area contributed by atoms with Crippen molar-refractivity contribution in [3.05, 3.63) is 58.5 Å². The molecule has 0 aliphatic rings. The molecule has 0 atom stereocenters. The molecule has 18 heavy (non-hydrogen) atoms. The Labute approximate surface area is 109 Å². The van der Waals surface area contributed by atoms with Crippen molar-refractivity contribution in [2.24, 2.45) is 0 Å². The maximum Gasteiger partial charge on any atom is -0.00766 e. The topological polar surface area (TPSA) is 0 Å². The summed E-state index contributed by atoms with van der Waals surface area (Å²) in [6.07, 6.45) is 3.94. The summed E-state index contributed by atoms with van der Waals surface area (Å²) in [5.41, 5.74) is 4.02. The summed E-state index contributed by atoms with van der Waals surface area (Å²) in [4.78, 5) is 0. The number of hydrogen-bond donors (Lipinski definition) is 0. The summed E-state index contributed by atoms with van der Waals surface area (Å²) in [7, 11) is 0. The lowest BCUT2D eigenvalue weighted by molar-refractivity contribution is 1.40. The standard InChI is InChI=1S/C18H20/c1-6-7-15-8-9-16-11-13(4)10-14(5)18(16)17(15)12(2)3/h6-11H,1H2,2-5H3/b15-7-. The highest BCUT2D eigenvalue weighted by atomic mass is 14.1. The zero-order valence-corrected chi connectivity index (χ0v) is 11.7. The third kappa shape index (κ3) is 2.11. The van der Waals surface area contributed by atoms with Crippen LogP contribution in [0.5, 0.6) is 0 Å². The van der Waals surface area contributed by atoms with E-state index in [2.05, 4.69) is 64.6 Å². The normalized spacial score (nSPS) is 11.9. The van der Waals surface area contributed by atoms with Gasteiger partial charge >= 0.3 is 0 Å². The van der Waals surface area contributed by atoms with Gasteiger partial charge in [0, 0.05) is 0 Å². The van der Waals surface area contributed by atoms with E-state index in [0.29, 0.717) is 0 Å². The minimum Gasteiger partial charge on any atom is -0.0990 e. The Morgan fingerprint density at radius 2 is 1.83 bits per heavy atom. The minimum absolute atomic E-state index is 1.25. The number of hydrogen-bond acceptors (Lipinski definition) is 0. The van der Waals surface area contributed by atoms with Gasteiger partial charge in [-0.3, -0.25) is 0 Å². The first-order chi connectivity index (χ1) is 8.54. The molecule has 0 unspecified atom stereocenters. The summed E-state index contributed by atoms with van der Waals surface area (Å²) in [5.74, 6) is 0. The van der Waals surface area contributed by atoms with Crippen molar-refractivity contribution in [2.75, 3.05) is 0 Å². The second-order valence-corrected chi connectivity index (χ2v) is 5.11. The highest BCUT2D eigenvalue weighted by molar-refractivity contribution is 5.88. The Morgan fingerprint density at radius 1 is 1.11 bits per heavy atom. The van der Waals surface area contributed by atoms with E-state index in [1.165, 1.54) is 37.9 Å². The van der Waals surface area contributed by atoms with Gasteiger partial charge in [-0.25, -0.2) is 0 Å². The molecule has 2 aromatic carbocycles. The van der Waals surface area contributed by atoms with Crippen molar-refractivity contribution < 1.29 is 0 Å². The fourth-order valence-electron chi connectivity index (χ4n) is 2.69. The second kappa shape index (κ2) is 4.81. The molecular formula is C18H20. The van der Waals surface area contributed by atoms with Crippen LogP contribution in [-0.4, -0.2) is 0 Å². The maximum absolute atomic E-state index is 3.81. The molecule has 2 rings (SSSR count). The summed E-state index contributed by atoms with van der Waals surface area (Å²) < 4.78 is 0. The van der Waals surface area contributed by atoms with Crippen LogP contribution in [0.2, 0.25) is 0 Å². The van der Waals surface area contributed by atoms with Crippen LogP contribution in [-0.2, 0) is 0 Å². The van der Waals surface area contributed by atoms with Gasteiger partial charge in [0.25, 0.3) is 0 Å². The van der Waals surface area contributed by atoms with Gasteiger partial charge in [0.05, 0.1) is 0 Å². The van der Waals surface area contributed by atoms with Crippen molar-refractivity contribution >= 4 is 22.4 Å². The number of fused-ring (bicyclic) bond motifs is 1. The number of benzene rings is 2. The van der Waals surface area contributed by atoms with Gasteiger partial charge in [-0.2, -0.15) is 0 Å². The van der Waals surface area contributed by atoms with Crippen LogP contribution in [0.1, 0.15) is 25.0 Å². The number of aryl methyl sites for hydroxylation is 2. The predicted octanol–water partition coefficient (Wildman–Crippen LogP) is 3.61. The highest BCUT2D eigenvalue weighted by Crippen LogP contribution is 2.16. The molecule has 0 aromatic heterocycles. The van der Waals surface area contributed by atoms with Crippen LogP contribution in [0.4, 0.5) is 0 Å². The van der Waals surface area contributed by atoms with Gasteiger partial charge < -0.3 is 0 Å². The molecule has 0 heteroatoms. The molecule has 0 aliphatic carbocycles. The lowest BCUT2D eigenvalue weighted by Gasteiger charge is -2.07. The minimum atomic E-state index is 1.25. The van der Waals surface area contributed by atoms with Crippen molar-refractivity contribution in [3.8, 4) is 0 Å². The molecule has 0 saturated heterocycles. The average molecular weight is 236 g/mol. The van der Waals surface area contributed by atoms with Crippen LogP contribution in [0.15, 0.2) is 36.9 Å². The highest BCUT2D eigenvalue weighted by Gasteiger charge is 2.02. The first-order valence-corrected chi connectivity index (χ1v) is 6.35. The molecule has 0 fully saturated rings. The van der Waals surface area contributed by atoms with E-state index in [1.807, 2.05) is 6.08 Å². The van der Waals surface area contributed by atoms with E-state index >= 15 is 0 Å². The van der Waals surface area contributed by atoms with Gasteiger partial charge in [0.2, 0.25) is 0 Å². The molecule has 0 saturated carbocycles. The van der Waals surface area contributed by atoms with Crippen LogP contribution in [0, 0.1) is 13.8 Å². The Morgan fingerprint density at radius 3 is 2.44 bits per heavy atom. The van der Waals surface area contributed by atoms with Gasteiger partial charge in [-0.05, 0) is 54.5 Å². The van der Waals surface area contributed by atoms with Crippen LogP contribution in [0.3, 0.4) is 0 Å². The molecule has 0 N–H and O–H groups in total. The van der Waals surface area contributed by atoms with Crippen LogP contribution >= 0.6 is 0 Å². The molecular weight excluding hydrogens is 216 g/mol. The SMILES string of the molecule is C=C/C=c1/ccc2cc(C)cc(C)c2c1=C(C)C. The molecule has 0 aliphatic heterocycles. The van der Waals surface area contributed by atoms with E-state index in [0.717, 1.165) is 0 Å². The Kier molecular flexibility index (Phi) is 3.38. The van der Waals surface area contributed by atoms with Crippen molar-refractivity contribution in [3.63, 3.8) is 0 Å². The van der Waals surface area contributed by atoms with Crippen molar-refractivity contribution in [2.45, 2.75) is 27.7 Å². The first-order valence-electron chi connectivity index (χ1n) is 6.35. The molecule has 2 aromatic rings. The molecule has 0 bridgehead atoms. The van der Waals surface area contributed by atoms with E-state index in [9.17, 15) is 0 Å². The zero-order chi connectivity index (χ0) is 13.3. The third-order valence-corrected chi connectivity index (χ3v) is 3.29. The third-order valence-electron chi connectivity index (χ3n) is 3.29. The fraction of sp³-hybridized carbons (Fsp3) is 0.222. The summed E-state index contributed by atoms with van der Waals surface area (Å²) in [5, 5.41) is 5.30. The largest absolute Gasteiger partial charge is 0.0990 e. The van der Waals surface area contributed by atoms with Gasteiger partial charge in [-0.15, -0.1) is 0 Å². The monoisotopic (exact) mass is 236 g/mol. The van der Waals surface area contributed by atoms with Gasteiger partial charge in [-0.1, -0.05) is 54.1 Å². The van der Waals surface area contributed by atoms with Crippen molar-refractivity contribution in [1.29, 1.82) is 0 Å². The van der Waals surface area contributed by atoms with E-state index in [1.54, 1.807) is 0 Å². The Bertz CT molecular complexity index is 727. The molecule has 0 heterocycles. The lowest BCUT2D eigenvalue weighted by atomic mass is 9.97. The lowest BCUT2D eigenvalue weighted by Crippen LogP contribution is -2.27. The summed E-state index contributed by atoms with van der Waals surface area (Å²) in [6.45, 7) is 12.5. The van der Waals surface area contributed by atoms with E-state index < -0.39 is 0 Å². The first kappa shape index (κ1) is 12.6. The summed E-state index contributed by atoms with van der Waals surface area (Å²) in [6, 6.07) is 8.90. The van der Waals surface area contributed by atoms with Crippen LogP contribution < -0.4 is 10.4 Å². The Balaban J connectivity index is 3.16. The van der Waals surface area contributed by atoms with E-state index in [-0.39, 0.29) is 0 Å².